The molecule has 1 heterocycles. The average Bonchev–Trinajstić information content (AvgIpc) is 3.50. The zero-order valence-electron chi connectivity index (χ0n) is 26.1. The molecule has 224 valence electrons. The minimum absolute atomic E-state index is 0.397. The van der Waals surface area contributed by atoms with Crippen LogP contribution in [0.15, 0.2) is 176 Å². The second-order valence-electron chi connectivity index (χ2n) is 11.9. The number of nitrogens with zero attached hydrogens (tertiary/aromatic N) is 3. The minimum atomic E-state index is -3.03. The molecule has 48 heavy (non-hydrogen) atoms. The Balaban J connectivity index is 1.39. The van der Waals surface area contributed by atoms with Crippen LogP contribution in [0.1, 0.15) is 11.1 Å². The number of hydrogen-bond donors (Lipinski definition) is 0. The average molecular weight is 628 g/mol. The Bertz CT molecular complexity index is 2370. The number of para-hydroxylation sites is 2. The summed E-state index contributed by atoms with van der Waals surface area (Å²) >= 11 is 0. The van der Waals surface area contributed by atoms with E-state index >= 15 is 0 Å². The highest BCUT2D eigenvalue weighted by Gasteiger charge is 2.43. The number of hydrogen-bond acceptors (Lipinski definition) is 2. The van der Waals surface area contributed by atoms with Crippen molar-refractivity contribution in [1.29, 1.82) is 10.5 Å². The highest BCUT2D eigenvalue weighted by atomic mass is 28.3. The van der Waals surface area contributed by atoms with Gasteiger partial charge >= 0.3 is 0 Å². The van der Waals surface area contributed by atoms with Gasteiger partial charge in [0.15, 0.2) is 8.07 Å². The lowest BCUT2D eigenvalue weighted by Gasteiger charge is -2.35. The molecule has 0 spiro atoms. The van der Waals surface area contributed by atoms with Crippen molar-refractivity contribution < 1.29 is 0 Å². The molecule has 0 aliphatic heterocycles. The van der Waals surface area contributed by atoms with Gasteiger partial charge in [0.1, 0.15) is 12.1 Å². The van der Waals surface area contributed by atoms with Gasteiger partial charge in [-0.1, -0.05) is 152 Å². The molecular weight excluding hydrogens is 599 g/mol. The first-order valence-corrected chi connectivity index (χ1v) is 18.0. The summed E-state index contributed by atoms with van der Waals surface area (Å²) in [4.78, 5) is 0. The van der Waals surface area contributed by atoms with Crippen LogP contribution in [0.2, 0.25) is 0 Å². The van der Waals surface area contributed by atoms with E-state index in [1.165, 1.54) is 10.8 Å². The molecule has 0 fully saturated rings. The first kappa shape index (κ1) is 29.0. The van der Waals surface area contributed by atoms with Crippen LogP contribution in [-0.4, -0.2) is 12.6 Å². The summed E-state index contributed by atoms with van der Waals surface area (Å²) < 4.78 is 2.28. The normalized spacial score (nSPS) is 11.3. The van der Waals surface area contributed by atoms with Gasteiger partial charge in [-0.05, 0) is 50.6 Å². The Morgan fingerprint density at radius 1 is 0.438 bits per heavy atom. The second kappa shape index (κ2) is 12.0. The molecule has 0 saturated carbocycles. The second-order valence-corrected chi connectivity index (χ2v) is 15.7. The van der Waals surface area contributed by atoms with Crippen LogP contribution >= 0.6 is 0 Å². The van der Waals surface area contributed by atoms with Crippen molar-refractivity contribution in [3.63, 3.8) is 0 Å². The molecule has 0 amide bonds. The Kier molecular flexibility index (Phi) is 7.27. The topological polar surface area (TPSA) is 52.5 Å². The van der Waals surface area contributed by atoms with Crippen molar-refractivity contribution in [2.75, 3.05) is 0 Å². The highest BCUT2D eigenvalue weighted by molar-refractivity contribution is 7.20. The molecule has 8 aromatic rings. The third-order valence-electron chi connectivity index (χ3n) is 9.45. The Hall–Kier alpha value is -6.46. The van der Waals surface area contributed by atoms with Crippen LogP contribution in [0.25, 0.3) is 38.6 Å². The van der Waals surface area contributed by atoms with E-state index in [-0.39, 0.29) is 0 Å². The summed E-state index contributed by atoms with van der Waals surface area (Å²) in [5, 5.41) is 28.6. The fourth-order valence-corrected chi connectivity index (χ4v) is 12.3. The summed E-state index contributed by atoms with van der Waals surface area (Å²) in [6.45, 7) is 0. The number of nitriles is 2. The van der Waals surface area contributed by atoms with Gasteiger partial charge in [-0.25, -0.2) is 0 Å². The lowest BCUT2D eigenvalue weighted by atomic mass is 9.96. The van der Waals surface area contributed by atoms with Gasteiger partial charge in [-0.2, -0.15) is 10.5 Å². The van der Waals surface area contributed by atoms with Gasteiger partial charge < -0.3 is 4.57 Å². The van der Waals surface area contributed by atoms with Crippen molar-refractivity contribution in [3.05, 3.63) is 187 Å². The van der Waals surface area contributed by atoms with E-state index < -0.39 is 8.07 Å². The van der Waals surface area contributed by atoms with E-state index in [0.717, 1.165) is 48.6 Å². The Morgan fingerprint density at radius 3 is 1.42 bits per heavy atom. The molecule has 8 rings (SSSR count). The predicted octanol–water partition coefficient (Wildman–Crippen LogP) is 7.57. The van der Waals surface area contributed by atoms with Crippen molar-refractivity contribution >= 4 is 50.6 Å². The van der Waals surface area contributed by atoms with E-state index in [0.29, 0.717) is 11.1 Å². The van der Waals surface area contributed by atoms with E-state index in [4.69, 9.17) is 0 Å². The maximum atomic E-state index is 11.0. The van der Waals surface area contributed by atoms with E-state index in [9.17, 15) is 10.5 Å². The van der Waals surface area contributed by atoms with Crippen LogP contribution < -0.4 is 20.7 Å². The molecule has 7 aromatic carbocycles. The molecule has 3 nitrogen and oxygen atoms in total. The minimum Gasteiger partial charge on any atom is -0.309 e. The summed E-state index contributed by atoms with van der Waals surface area (Å²) in [6, 6.07) is 65.8. The molecule has 0 saturated heterocycles. The summed E-state index contributed by atoms with van der Waals surface area (Å²) in [7, 11) is -3.03. The van der Waals surface area contributed by atoms with Crippen LogP contribution in [-0.2, 0) is 0 Å². The highest BCUT2D eigenvalue weighted by Crippen LogP contribution is 2.34. The first-order valence-electron chi connectivity index (χ1n) is 16.0. The lowest BCUT2D eigenvalue weighted by Crippen LogP contribution is -2.75. The quantitative estimate of drug-likeness (QED) is 0.141. The maximum absolute atomic E-state index is 11.0. The van der Waals surface area contributed by atoms with E-state index in [1.54, 1.807) is 0 Å². The number of rotatable bonds is 6. The van der Waals surface area contributed by atoms with Gasteiger partial charge in [-0.3, -0.25) is 0 Å². The van der Waals surface area contributed by atoms with Crippen LogP contribution in [0.4, 0.5) is 0 Å². The monoisotopic (exact) mass is 627 g/mol. The summed E-state index contributed by atoms with van der Waals surface area (Å²) in [6.07, 6.45) is 0. The number of fused-ring (bicyclic) bond motifs is 3. The van der Waals surface area contributed by atoms with Crippen LogP contribution in [0.3, 0.4) is 0 Å². The molecule has 1 aromatic heterocycles. The largest absolute Gasteiger partial charge is 0.309 e. The summed E-state index contributed by atoms with van der Waals surface area (Å²) in [5.74, 6) is 0. The lowest BCUT2D eigenvalue weighted by molar-refractivity contribution is 1.18. The van der Waals surface area contributed by atoms with Crippen molar-refractivity contribution in [1.82, 2.24) is 4.57 Å². The SMILES string of the molecule is N#Cc1c(-c2cccc(-n3c4ccccc4c4ccccc43)c2)ccc([Si](c2ccccc2)(c2ccccc2)c2ccccc2)c1C#N. The number of benzene rings is 7. The Morgan fingerprint density at radius 2 is 0.917 bits per heavy atom. The zero-order chi connectivity index (χ0) is 32.5. The third-order valence-corrected chi connectivity index (χ3v) is 14.3. The molecule has 0 bridgehead atoms. The van der Waals surface area contributed by atoms with Crippen molar-refractivity contribution in [2.45, 2.75) is 0 Å². The zero-order valence-corrected chi connectivity index (χ0v) is 27.1. The molecule has 0 N–H and O–H groups in total. The molecule has 4 heteroatoms. The maximum Gasteiger partial charge on any atom is 0.181 e. The van der Waals surface area contributed by atoms with Gasteiger partial charge in [0.2, 0.25) is 0 Å². The number of aromatic nitrogens is 1. The molecule has 0 aliphatic rings. The Labute approximate surface area is 280 Å². The summed E-state index contributed by atoms with van der Waals surface area (Å²) in [5.41, 5.74) is 5.70. The molecule has 0 atom stereocenters. The van der Waals surface area contributed by atoms with Gasteiger partial charge in [0.05, 0.1) is 22.2 Å². The van der Waals surface area contributed by atoms with Crippen molar-refractivity contribution in [2.24, 2.45) is 0 Å². The third kappa shape index (κ3) is 4.48. The fraction of sp³-hybridized carbons (Fsp3) is 0. The van der Waals surface area contributed by atoms with E-state index in [2.05, 4.69) is 162 Å². The standard InChI is InChI=1S/C44H29N3Si/c45-30-40-37(32-15-14-16-33(29-32)47-42-25-12-10-23-38(42)39-24-11-13-26-43(39)47)27-28-44(41(40)31-46)48(34-17-4-1-5-18-34,35-19-6-2-7-20-35)36-21-8-3-9-22-36/h1-29H. The molecule has 0 aliphatic carbocycles. The smallest absolute Gasteiger partial charge is 0.181 e. The van der Waals surface area contributed by atoms with Crippen molar-refractivity contribution in [3.8, 4) is 29.0 Å². The van der Waals surface area contributed by atoms with Gasteiger partial charge in [0, 0.05) is 22.0 Å². The predicted molar refractivity (Wildman–Crippen MR) is 199 cm³/mol. The van der Waals surface area contributed by atoms with Gasteiger partial charge in [0.25, 0.3) is 0 Å². The fourth-order valence-electron chi connectivity index (χ4n) is 7.43. The van der Waals surface area contributed by atoms with Crippen LogP contribution in [0.5, 0.6) is 0 Å². The van der Waals surface area contributed by atoms with Crippen LogP contribution in [0, 0.1) is 22.7 Å². The van der Waals surface area contributed by atoms with E-state index in [1.807, 2.05) is 30.3 Å². The molecular formula is C44H29N3Si. The molecule has 0 radical (unpaired) electrons. The van der Waals surface area contributed by atoms with Gasteiger partial charge in [-0.15, -0.1) is 0 Å². The first-order chi connectivity index (χ1) is 23.8. The molecule has 0 unspecified atom stereocenters.